The highest BCUT2D eigenvalue weighted by Crippen LogP contribution is 1.87. The molecule has 80 valence electrons. The molecule has 0 fully saturated rings. The third-order valence-electron chi connectivity index (χ3n) is 1.85. The summed E-state index contributed by atoms with van der Waals surface area (Å²) in [7, 11) is 0. The number of carbonyl (C=O) groups is 2. The number of nitrogens with zero attached hydrogens (tertiary/aromatic N) is 1. The summed E-state index contributed by atoms with van der Waals surface area (Å²) in [5, 5.41) is 2.52. The Labute approximate surface area is 85.0 Å². The second kappa shape index (κ2) is 7.12. The van der Waals surface area contributed by atoms with Gasteiger partial charge in [0.15, 0.2) is 0 Å². The Kier molecular flexibility index (Phi) is 6.45. The van der Waals surface area contributed by atoms with Crippen LogP contribution in [0.15, 0.2) is 12.2 Å². The van der Waals surface area contributed by atoms with Gasteiger partial charge in [0.25, 0.3) is 0 Å². The lowest BCUT2D eigenvalue weighted by atomic mass is 10.4. The largest absolute Gasteiger partial charge is 0.343 e. The Morgan fingerprint density at radius 3 is 2.29 bits per heavy atom. The Morgan fingerprint density at radius 1 is 1.29 bits per heavy atom. The summed E-state index contributed by atoms with van der Waals surface area (Å²) in [6, 6.07) is 0. The van der Waals surface area contributed by atoms with E-state index in [1.54, 1.807) is 17.9 Å². The van der Waals surface area contributed by atoms with Crippen molar-refractivity contribution in [3.05, 3.63) is 12.2 Å². The predicted octanol–water partition coefficient (Wildman–Crippen LogP) is 0.547. The summed E-state index contributed by atoms with van der Waals surface area (Å²) in [5.74, 6) is -0.277. The number of nitrogens with one attached hydrogen (secondary N) is 1. The molecule has 0 atom stereocenters. The summed E-state index contributed by atoms with van der Waals surface area (Å²) in [6.45, 7) is 7.00. The van der Waals surface area contributed by atoms with Gasteiger partial charge in [0.05, 0.1) is 6.54 Å². The van der Waals surface area contributed by atoms with E-state index in [9.17, 15) is 9.59 Å². The molecule has 0 aromatic heterocycles. The standard InChI is InChI=1S/C10H18N2O2/c1-4-7-9(13)11-8-10(14)12(5-2)6-3/h4,7H,5-6,8H2,1-3H3,(H,11,13)/b7-4+. The minimum atomic E-state index is -0.229. The van der Waals surface area contributed by atoms with Crippen molar-refractivity contribution in [2.24, 2.45) is 0 Å². The van der Waals surface area contributed by atoms with Crippen LogP contribution in [0.2, 0.25) is 0 Å². The lowest BCUT2D eigenvalue weighted by molar-refractivity contribution is -0.131. The van der Waals surface area contributed by atoms with Gasteiger partial charge >= 0.3 is 0 Å². The molecule has 0 aromatic carbocycles. The molecule has 0 aliphatic heterocycles. The lowest BCUT2D eigenvalue weighted by Crippen LogP contribution is -2.39. The molecule has 4 nitrogen and oxygen atoms in total. The minimum absolute atomic E-state index is 0.0483. The molecule has 14 heavy (non-hydrogen) atoms. The van der Waals surface area contributed by atoms with Crippen LogP contribution in [0.1, 0.15) is 20.8 Å². The molecule has 1 N–H and O–H groups in total. The number of allylic oxidation sites excluding steroid dienone is 1. The molecule has 0 bridgehead atoms. The number of amides is 2. The maximum Gasteiger partial charge on any atom is 0.244 e. The van der Waals surface area contributed by atoms with E-state index in [1.165, 1.54) is 6.08 Å². The van der Waals surface area contributed by atoms with Crippen LogP contribution < -0.4 is 5.32 Å². The molecular weight excluding hydrogens is 180 g/mol. The van der Waals surface area contributed by atoms with Gasteiger partial charge < -0.3 is 10.2 Å². The second-order valence-electron chi connectivity index (χ2n) is 2.78. The summed E-state index contributed by atoms with van der Waals surface area (Å²) in [6.07, 6.45) is 3.03. The average molecular weight is 198 g/mol. The van der Waals surface area contributed by atoms with Gasteiger partial charge in [0.1, 0.15) is 0 Å². The maximum absolute atomic E-state index is 11.4. The van der Waals surface area contributed by atoms with E-state index in [2.05, 4.69) is 5.32 Å². The fraction of sp³-hybridized carbons (Fsp3) is 0.600. The topological polar surface area (TPSA) is 49.4 Å². The van der Waals surface area contributed by atoms with Gasteiger partial charge in [-0.05, 0) is 26.8 Å². The van der Waals surface area contributed by atoms with E-state index in [1.807, 2.05) is 13.8 Å². The molecule has 0 rings (SSSR count). The molecule has 0 unspecified atom stereocenters. The lowest BCUT2D eigenvalue weighted by Gasteiger charge is -2.18. The van der Waals surface area contributed by atoms with Crippen molar-refractivity contribution >= 4 is 11.8 Å². The first kappa shape index (κ1) is 12.7. The van der Waals surface area contributed by atoms with E-state index in [0.29, 0.717) is 13.1 Å². The number of hydrogen-bond donors (Lipinski definition) is 1. The first-order valence-corrected chi connectivity index (χ1v) is 4.83. The van der Waals surface area contributed by atoms with Crippen LogP contribution in [0.4, 0.5) is 0 Å². The maximum atomic E-state index is 11.4. The van der Waals surface area contributed by atoms with Crippen LogP contribution in [0.5, 0.6) is 0 Å². The van der Waals surface area contributed by atoms with Crippen LogP contribution in [0, 0.1) is 0 Å². The highest BCUT2D eigenvalue weighted by molar-refractivity contribution is 5.91. The van der Waals surface area contributed by atoms with Gasteiger partial charge in [-0.2, -0.15) is 0 Å². The fourth-order valence-corrected chi connectivity index (χ4v) is 1.06. The van der Waals surface area contributed by atoms with E-state index < -0.39 is 0 Å². The first-order valence-electron chi connectivity index (χ1n) is 4.83. The SMILES string of the molecule is C/C=C/C(=O)NCC(=O)N(CC)CC. The molecule has 0 aromatic rings. The van der Waals surface area contributed by atoms with Crippen LogP contribution in [0.25, 0.3) is 0 Å². The molecule has 0 saturated carbocycles. The zero-order valence-corrected chi connectivity index (χ0v) is 9.04. The van der Waals surface area contributed by atoms with Gasteiger partial charge in [0.2, 0.25) is 11.8 Å². The number of hydrogen-bond acceptors (Lipinski definition) is 2. The summed E-state index contributed by atoms with van der Waals surface area (Å²) in [5.41, 5.74) is 0. The summed E-state index contributed by atoms with van der Waals surface area (Å²) in [4.78, 5) is 24.1. The van der Waals surface area contributed by atoms with Gasteiger partial charge in [0, 0.05) is 13.1 Å². The molecule has 2 amide bonds. The van der Waals surface area contributed by atoms with Crippen LogP contribution in [0.3, 0.4) is 0 Å². The minimum Gasteiger partial charge on any atom is -0.343 e. The third kappa shape index (κ3) is 4.64. The molecule has 0 radical (unpaired) electrons. The van der Waals surface area contributed by atoms with Gasteiger partial charge in [-0.1, -0.05) is 6.08 Å². The molecule has 4 heteroatoms. The number of carbonyl (C=O) groups excluding carboxylic acids is 2. The van der Waals surface area contributed by atoms with Crippen molar-refractivity contribution in [2.45, 2.75) is 20.8 Å². The smallest absolute Gasteiger partial charge is 0.244 e. The number of likely N-dealkylation sites (N-methyl/N-ethyl adjacent to an activating group) is 1. The molecule has 0 aliphatic rings. The van der Waals surface area contributed by atoms with Gasteiger partial charge in [-0.15, -0.1) is 0 Å². The zero-order chi connectivity index (χ0) is 11.0. The van der Waals surface area contributed by atoms with E-state index in [4.69, 9.17) is 0 Å². The van der Waals surface area contributed by atoms with Gasteiger partial charge in [-0.3, -0.25) is 9.59 Å². The summed E-state index contributed by atoms with van der Waals surface area (Å²) >= 11 is 0. The predicted molar refractivity (Wildman–Crippen MR) is 55.8 cm³/mol. The highest BCUT2D eigenvalue weighted by atomic mass is 16.2. The van der Waals surface area contributed by atoms with E-state index in [0.717, 1.165) is 0 Å². The van der Waals surface area contributed by atoms with Crippen molar-refractivity contribution in [1.82, 2.24) is 10.2 Å². The van der Waals surface area contributed by atoms with E-state index >= 15 is 0 Å². The van der Waals surface area contributed by atoms with Crippen LogP contribution >= 0.6 is 0 Å². The average Bonchev–Trinajstić information content (AvgIpc) is 2.17. The van der Waals surface area contributed by atoms with Crippen molar-refractivity contribution in [3.63, 3.8) is 0 Å². The molecule has 0 heterocycles. The first-order chi connectivity index (χ1) is 6.65. The molecule has 0 aliphatic carbocycles. The van der Waals surface area contributed by atoms with Gasteiger partial charge in [-0.25, -0.2) is 0 Å². The monoisotopic (exact) mass is 198 g/mol. The summed E-state index contributed by atoms with van der Waals surface area (Å²) < 4.78 is 0. The Balaban J connectivity index is 3.89. The normalized spacial score (nSPS) is 10.2. The Morgan fingerprint density at radius 2 is 1.86 bits per heavy atom. The van der Waals surface area contributed by atoms with Crippen molar-refractivity contribution in [3.8, 4) is 0 Å². The van der Waals surface area contributed by atoms with Crippen molar-refractivity contribution < 1.29 is 9.59 Å². The highest BCUT2D eigenvalue weighted by Gasteiger charge is 2.09. The van der Waals surface area contributed by atoms with E-state index in [-0.39, 0.29) is 18.4 Å². The third-order valence-corrected chi connectivity index (χ3v) is 1.85. The Hall–Kier alpha value is -1.32. The quantitative estimate of drug-likeness (QED) is 0.656. The zero-order valence-electron chi connectivity index (χ0n) is 9.04. The van der Waals surface area contributed by atoms with Crippen LogP contribution in [-0.4, -0.2) is 36.3 Å². The Bertz CT molecular complexity index is 220. The van der Waals surface area contributed by atoms with Crippen molar-refractivity contribution in [1.29, 1.82) is 0 Å². The second-order valence-corrected chi connectivity index (χ2v) is 2.78. The molecule has 0 spiro atoms. The molecular formula is C10H18N2O2. The fourth-order valence-electron chi connectivity index (χ4n) is 1.06. The van der Waals surface area contributed by atoms with Crippen molar-refractivity contribution in [2.75, 3.05) is 19.6 Å². The molecule has 0 saturated heterocycles. The number of rotatable bonds is 5. The van der Waals surface area contributed by atoms with Crippen LogP contribution in [-0.2, 0) is 9.59 Å².